The summed E-state index contributed by atoms with van der Waals surface area (Å²) >= 11 is 0. The monoisotopic (exact) mass is 384 g/mol. The van der Waals surface area contributed by atoms with E-state index in [1.54, 1.807) is 23.3 Å². The van der Waals surface area contributed by atoms with Gasteiger partial charge in [-0.2, -0.15) is 5.10 Å². The van der Waals surface area contributed by atoms with E-state index in [9.17, 15) is 4.79 Å². The van der Waals surface area contributed by atoms with Crippen molar-refractivity contribution in [1.82, 2.24) is 25.1 Å². The first-order chi connectivity index (χ1) is 14.3. The third-order valence-electron chi connectivity index (χ3n) is 4.29. The number of nitrogens with one attached hydrogen (secondary N) is 2. The highest BCUT2D eigenvalue weighted by Gasteiger charge is 2.17. The standard InChI is InChI=1S/C22H20N6O/c29-22(26-14-13-25-21-16-23-11-12-24-21)20-15-19(17-7-3-1-4-8-17)27-28(20)18-9-5-2-6-10-18/h1-12,15-16H,13-14H2,(H,24,25)(H,26,29). The summed E-state index contributed by atoms with van der Waals surface area (Å²) in [6.07, 6.45) is 4.87. The lowest BCUT2D eigenvalue weighted by atomic mass is 10.1. The molecular formula is C22H20N6O. The Kier molecular flexibility index (Phi) is 5.57. The molecule has 0 saturated carbocycles. The Labute approximate surface area is 168 Å². The fraction of sp³-hybridized carbons (Fsp3) is 0.0909. The van der Waals surface area contributed by atoms with Gasteiger partial charge in [0.25, 0.3) is 5.91 Å². The zero-order chi connectivity index (χ0) is 19.9. The van der Waals surface area contributed by atoms with E-state index in [0.717, 1.165) is 16.9 Å². The third kappa shape index (κ3) is 4.47. The second-order valence-corrected chi connectivity index (χ2v) is 6.30. The van der Waals surface area contributed by atoms with Gasteiger partial charge in [-0.15, -0.1) is 0 Å². The van der Waals surface area contributed by atoms with Crippen molar-refractivity contribution in [3.8, 4) is 16.9 Å². The molecule has 2 aromatic heterocycles. The molecule has 0 aliphatic heterocycles. The van der Waals surface area contributed by atoms with E-state index >= 15 is 0 Å². The number of anilines is 1. The second kappa shape index (κ2) is 8.79. The first-order valence-electron chi connectivity index (χ1n) is 9.30. The van der Waals surface area contributed by atoms with Gasteiger partial charge in [0, 0.05) is 31.0 Å². The van der Waals surface area contributed by atoms with Crippen LogP contribution >= 0.6 is 0 Å². The highest BCUT2D eigenvalue weighted by Crippen LogP contribution is 2.21. The minimum absolute atomic E-state index is 0.190. The molecule has 2 heterocycles. The molecule has 144 valence electrons. The number of carbonyl (C=O) groups excluding carboxylic acids is 1. The average molecular weight is 384 g/mol. The van der Waals surface area contributed by atoms with Crippen LogP contribution in [0.5, 0.6) is 0 Å². The number of hydrogen-bond acceptors (Lipinski definition) is 5. The van der Waals surface area contributed by atoms with Crippen LogP contribution in [0, 0.1) is 0 Å². The number of benzene rings is 2. The Morgan fingerprint density at radius 2 is 1.69 bits per heavy atom. The van der Waals surface area contributed by atoms with Gasteiger partial charge in [0.1, 0.15) is 11.5 Å². The molecule has 7 heteroatoms. The second-order valence-electron chi connectivity index (χ2n) is 6.30. The number of rotatable bonds is 7. The molecule has 4 rings (SSSR count). The normalized spacial score (nSPS) is 10.5. The number of hydrogen-bond donors (Lipinski definition) is 2. The fourth-order valence-corrected chi connectivity index (χ4v) is 2.91. The van der Waals surface area contributed by atoms with Crippen LogP contribution in [0.25, 0.3) is 16.9 Å². The number of para-hydroxylation sites is 1. The summed E-state index contributed by atoms with van der Waals surface area (Å²) in [6, 6.07) is 21.3. The maximum atomic E-state index is 12.9. The SMILES string of the molecule is O=C(NCCNc1cnccn1)c1cc(-c2ccccc2)nn1-c1ccccc1. The van der Waals surface area contributed by atoms with Crippen LogP contribution in [-0.4, -0.2) is 38.7 Å². The Morgan fingerprint density at radius 3 is 2.41 bits per heavy atom. The van der Waals surface area contributed by atoms with E-state index in [1.165, 1.54) is 0 Å². The number of amides is 1. The van der Waals surface area contributed by atoms with E-state index in [0.29, 0.717) is 24.6 Å². The van der Waals surface area contributed by atoms with Gasteiger partial charge in [0.15, 0.2) is 0 Å². The van der Waals surface area contributed by atoms with Crippen LogP contribution in [-0.2, 0) is 0 Å². The highest BCUT2D eigenvalue weighted by molar-refractivity contribution is 5.94. The summed E-state index contributed by atoms with van der Waals surface area (Å²) in [5.41, 5.74) is 3.02. The van der Waals surface area contributed by atoms with E-state index in [2.05, 4.69) is 25.7 Å². The lowest BCUT2D eigenvalue weighted by molar-refractivity contribution is 0.0947. The Hall–Kier alpha value is -4.00. The van der Waals surface area contributed by atoms with Gasteiger partial charge in [0.05, 0.1) is 17.6 Å². The van der Waals surface area contributed by atoms with Crippen LogP contribution in [0.1, 0.15) is 10.5 Å². The van der Waals surface area contributed by atoms with Gasteiger partial charge in [-0.25, -0.2) is 9.67 Å². The molecule has 0 aliphatic rings. The maximum Gasteiger partial charge on any atom is 0.270 e. The smallest absolute Gasteiger partial charge is 0.270 e. The van der Waals surface area contributed by atoms with Gasteiger partial charge < -0.3 is 10.6 Å². The summed E-state index contributed by atoms with van der Waals surface area (Å²) in [5, 5.41) is 10.7. The topological polar surface area (TPSA) is 84.7 Å². The molecule has 0 atom stereocenters. The lowest BCUT2D eigenvalue weighted by Crippen LogP contribution is -2.30. The number of carbonyl (C=O) groups is 1. The van der Waals surface area contributed by atoms with Crippen molar-refractivity contribution in [2.24, 2.45) is 0 Å². The minimum Gasteiger partial charge on any atom is -0.367 e. The summed E-state index contributed by atoms with van der Waals surface area (Å²) in [4.78, 5) is 21.0. The van der Waals surface area contributed by atoms with Gasteiger partial charge in [-0.05, 0) is 18.2 Å². The van der Waals surface area contributed by atoms with Crippen LogP contribution in [0.2, 0.25) is 0 Å². The Balaban J connectivity index is 1.51. The lowest BCUT2D eigenvalue weighted by Gasteiger charge is -2.09. The molecule has 7 nitrogen and oxygen atoms in total. The van der Waals surface area contributed by atoms with Crippen molar-refractivity contribution in [1.29, 1.82) is 0 Å². The largest absolute Gasteiger partial charge is 0.367 e. The van der Waals surface area contributed by atoms with Gasteiger partial charge in [-0.3, -0.25) is 9.78 Å². The number of aromatic nitrogens is 4. The Bertz CT molecular complexity index is 1060. The molecule has 0 radical (unpaired) electrons. The quantitative estimate of drug-likeness (QED) is 0.478. The van der Waals surface area contributed by atoms with Crippen molar-refractivity contribution in [3.05, 3.63) is 91.0 Å². The molecule has 4 aromatic rings. The summed E-state index contributed by atoms with van der Waals surface area (Å²) in [7, 11) is 0. The fourth-order valence-electron chi connectivity index (χ4n) is 2.91. The molecule has 0 unspecified atom stereocenters. The molecule has 29 heavy (non-hydrogen) atoms. The van der Waals surface area contributed by atoms with E-state index < -0.39 is 0 Å². The Morgan fingerprint density at radius 1 is 0.931 bits per heavy atom. The number of nitrogens with zero attached hydrogens (tertiary/aromatic N) is 4. The van der Waals surface area contributed by atoms with Gasteiger partial charge in [-0.1, -0.05) is 48.5 Å². The molecule has 0 spiro atoms. The average Bonchev–Trinajstić information content (AvgIpc) is 3.24. The first kappa shape index (κ1) is 18.4. The van der Waals surface area contributed by atoms with E-state index in [1.807, 2.05) is 66.7 Å². The maximum absolute atomic E-state index is 12.9. The van der Waals surface area contributed by atoms with Crippen LogP contribution < -0.4 is 10.6 Å². The summed E-state index contributed by atoms with van der Waals surface area (Å²) in [5.74, 6) is 0.479. The van der Waals surface area contributed by atoms with Crippen LogP contribution in [0.4, 0.5) is 5.82 Å². The molecular weight excluding hydrogens is 364 g/mol. The predicted octanol–water partition coefficient (Wildman–Crippen LogP) is 3.17. The zero-order valence-electron chi connectivity index (χ0n) is 15.7. The highest BCUT2D eigenvalue weighted by atomic mass is 16.2. The molecule has 1 amide bonds. The van der Waals surface area contributed by atoms with Gasteiger partial charge >= 0.3 is 0 Å². The van der Waals surface area contributed by atoms with Crippen LogP contribution in [0.15, 0.2) is 85.3 Å². The summed E-state index contributed by atoms with van der Waals surface area (Å²) in [6.45, 7) is 0.978. The van der Waals surface area contributed by atoms with E-state index in [-0.39, 0.29) is 5.91 Å². The van der Waals surface area contributed by atoms with Crippen molar-refractivity contribution < 1.29 is 4.79 Å². The zero-order valence-corrected chi connectivity index (χ0v) is 15.7. The third-order valence-corrected chi connectivity index (χ3v) is 4.29. The minimum atomic E-state index is -0.190. The van der Waals surface area contributed by atoms with Crippen molar-refractivity contribution in [3.63, 3.8) is 0 Å². The van der Waals surface area contributed by atoms with Gasteiger partial charge in [0.2, 0.25) is 0 Å². The van der Waals surface area contributed by atoms with Crippen molar-refractivity contribution in [2.75, 3.05) is 18.4 Å². The molecule has 0 fully saturated rings. The molecule has 2 N–H and O–H groups in total. The molecule has 0 saturated heterocycles. The molecule has 0 aliphatic carbocycles. The molecule has 0 bridgehead atoms. The van der Waals surface area contributed by atoms with Crippen molar-refractivity contribution in [2.45, 2.75) is 0 Å². The van der Waals surface area contributed by atoms with Crippen molar-refractivity contribution >= 4 is 11.7 Å². The first-order valence-corrected chi connectivity index (χ1v) is 9.30. The van der Waals surface area contributed by atoms with E-state index in [4.69, 9.17) is 0 Å². The molecule has 2 aromatic carbocycles. The summed E-state index contributed by atoms with van der Waals surface area (Å²) < 4.78 is 1.67. The van der Waals surface area contributed by atoms with Crippen LogP contribution in [0.3, 0.4) is 0 Å². The predicted molar refractivity (Wildman–Crippen MR) is 112 cm³/mol.